The number of nitrogens with one attached hydrogen (secondary N) is 2. The molecule has 0 bridgehead atoms. The van der Waals surface area contributed by atoms with Crippen LogP contribution in [0.4, 0.5) is 5.69 Å². The van der Waals surface area contributed by atoms with Gasteiger partial charge in [-0.15, -0.1) is 0 Å². The second-order valence-electron chi connectivity index (χ2n) is 6.34. The molecule has 0 spiro atoms. The lowest BCUT2D eigenvalue weighted by Crippen LogP contribution is -2.40. The molecule has 7 heteroatoms. The summed E-state index contributed by atoms with van der Waals surface area (Å²) in [6, 6.07) is 12.6. The Labute approximate surface area is 150 Å². The summed E-state index contributed by atoms with van der Waals surface area (Å²) in [6.45, 7) is 5.68. The maximum Gasteiger partial charge on any atom is 0.261 e. The van der Waals surface area contributed by atoms with Gasteiger partial charge in [0.2, 0.25) is 0 Å². The summed E-state index contributed by atoms with van der Waals surface area (Å²) in [4.78, 5) is 12.2. The van der Waals surface area contributed by atoms with E-state index in [0.717, 1.165) is 4.47 Å². The van der Waals surface area contributed by atoms with E-state index in [-0.39, 0.29) is 16.3 Å². The monoisotopic (exact) mass is 410 g/mol. The van der Waals surface area contributed by atoms with Crippen molar-refractivity contribution >= 4 is 37.5 Å². The number of benzene rings is 2. The fourth-order valence-corrected chi connectivity index (χ4v) is 3.25. The Hall–Kier alpha value is -1.86. The largest absolute Gasteiger partial charge is 0.347 e. The van der Waals surface area contributed by atoms with Crippen LogP contribution < -0.4 is 10.0 Å². The van der Waals surface area contributed by atoms with Crippen LogP contribution in [0.25, 0.3) is 0 Å². The third-order valence-electron chi connectivity index (χ3n) is 3.01. The first-order chi connectivity index (χ1) is 11.1. The number of carbonyl (C=O) groups is 1. The molecule has 24 heavy (non-hydrogen) atoms. The molecule has 0 heterocycles. The molecule has 0 aromatic heterocycles. The van der Waals surface area contributed by atoms with Gasteiger partial charge in [-0.05, 0) is 69.3 Å². The van der Waals surface area contributed by atoms with Crippen molar-refractivity contribution in [3.05, 3.63) is 58.6 Å². The number of amides is 1. The zero-order valence-electron chi connectivity index (χ0n) is 13.6. The minimum Gasteiger partial charge on any atom is -0.347 e. The molecule has 2 aromatic rings. The number of sulfonamides is 1. The lowest BCUT2D eigenvalue weighted by Gasteiger charge is -2.20. The Morgan fingerprint density at radius 1 is 0.958 bits per heavy atom. The van der Waals surface area contributed by atoms with Crippen molar-refractivity contribution in [3.8, 4) is 0 Å². The van der Waals surface area contributed by atoms with E-state index >= 15 is 0 Å². The van der Waals surface area contributed by atoms with E-state index in [0.29, 0.717) is 11.3 Å². The highest BCUT2D eigenvalue weighted by Crippen LogP contribution is 2.19. The molecule has 2 aromatic carbocycles. The molecule has 1 amide bonds. The average Bonchev–Trinajstić information content (AvgIpc) is 2.46. The Morgan fingerprint density at radius 3 is 2.00 bits per heavy atom. The summed E-state index contributed by atoms with van der Waals surface area (Å²) in [7, 11) is -3.66. The molecule has 0 radical (unpaired) electrons. The molecule has 0 saturated heterocycles. The summed E-state index contributed by atoms with van der Waals surface area (Å²) in [5.41, 5.74) is 0.528. The van der Waals surface area contributed by atoms with Gasteiger partial charge >= 0.3 is 0 Å². The second kappa shape index (κ2) is 6.94. The molecular formula is C17H19BrN2O3S. The number of halogens is 1. The predicted molar refractivity (Wildman–Crippen MR) is 98.6 cm³/mol. The highest BCUT2D eigenvalue weighted by molar-refractivity contribution is 9.10. The van der Waals surface area contributed by atoms with E-state index in [1.165, 1.54) is 12.1 Å². The lowest BCUT2D eigenvalue weighted by molar-refractivity contribution is 0.0919. The van der Waals surface area contributed by atoms with Crippen molar-refractivity contribution in [1.29, 1.82) is 0 Å². The van der Waals surface area contributed by atoms with Crippen molar-refractivity contribution in [1.82, 2.24) is 5.32 Å². The van der Waals surface area contributed by atoms with Gasteiger partial charge in [0.15, 0.2) is 0 Å². The molecule has 0 aliphatic rings. The fourth-order valence-electron chi connectivity index (χ4n) is 1.93. The first-order valence-corrected chi connectivity index (χ1v) is 9.55. The smallest absolute Gasteiger partial charge is 0.261 e. The van der Waals surface area contributed by atoms with Crippen LogP contribution in [-0.2, 0) is 10.0 Å². The van der Waals surface area contributed by atoms with E-state index in [2.05, 4.69) is 26.0 Å². The van der Waals surface area contributed by atoms with Gasteiger partial charge in [-0.3, -0.25) is 9.52 Å². The number of carbonyl (C=O) groups excluding carboxylic acids is 1. The second-order valence-corrected chi connectivity index (χ2v) is 8.94. The molecule has 0 saturated carbocycles. The summed E-state index contributed by atoms with van der Waals surface area (Å²) < 4.78 is 27.9. The first kappa shape index (κ1) is 18.5. The fraction of sp³-hybridized carbons (Fsp3) is 0.235. The van der Waals surface area contributed by atoms with Gasteiger partial charge in [0.05, 0.1) is 4.90 Å². The van der Waals surface area contributed by atoms with Gasteiger partial charge in [0, 0.05) is 21.3 Å². The highest BCUT2D eigenvalue weighted by atomic mass is 79.9. The average molecular weight is 411 g/mol. The van der Waals surface area contributed by atoms with Crippen LogP contribution in [0, 0.1) is 0 Å². The normalized spacial score (nSPS) is 11.8. The maximum atomic E-state index is 12.3. The standard InChI is InChI=1S/C17H19BrN2O3S/c1-17(2,3)19-16(21)12-4-8-14(9-5-12)20-24(22,23)15-10-6-13(18)7-11-15/h4-11,20H,1-3H3,(H,19,21). The van der Waals surface area contributed by atoms with E-state index in [1.54, 1.807) is 36.4 Å². The van der Waals surface area contributed by atoms with Gasteiger partial charge in [-0.2, -0.15) is 0 Å². The lowest BCUT2D eigenvalue weighted by atomic mass is 10.1. The summed E-state index contributed by atoms with van der Waals surface area (Å²) in [5.74, 6) is -0.204. The molecule has 0 atom stereocenters. The number of rotatable bonds is 4. The number of anilines is 1. The molecule has 2 N–H and O–H groups in total. The Morgan fingerprint density at radius 2 is 1.50 bits per heavy atom. The van der Waals surface area contributed by atoms with Crippen LogP contribution in [0.15, 0.2) is 57.9 Å². The van der Waals surface area contributed by atoms with Crippen molar-refractivity contribution in [2.24, 2.45) is 0 Å². The number of hydrogen-bond acceptors (Lipinski definition) is 3. The molecule has 0 fully saturated rings. The molecule has 2 rings (SSSR count). The van der Waals surface area contributed by atoms with Crippen molar-refractivity contribution in [2.75, 3.05) is 4.72 Å². The molecule has 5 nitrogen and oxygen atoms in total. The Kier molecular flexibility index (Phi) is 5.35. The van der Waals surface area contributed by atoms with E-state index < -0.39 is 10.0 Å². The van der Waals surface area contributed by atoms with Crippen molar-refractivity contribution < 1.29 is 13.2 Å². The summed E-state index contributed by atoms with van der Waals surface area (Å²) >= 11 is 3.27. The zero-order valence-corrected chi connectivity index (χ0v) is 16.0. The summed E-state index contributed by atoms with van der Waals surface area (Å²) in [6.07, 6.45) is 0. The molecule has 0 aliphatic carbocycles. The highest BCUT2D eigenvalue weighted by Gasteiger charge is 2.16. The predicted octanol–water partition coefficient (Wildman–Crippen LogP) is 3.78. The quantitative estimate of drug-likeness (QED) is 0.804. The van der Waals surface area contributed by atoms with Crippen LogP contribution in [0.3, 0.4) is 0 Å². The van der Waals surface area contributed by atoms with Crippen LogP contribution in [0.5, 0.6) is 0 Å². The SMILES string of the molecule is CC(C)(C)NC(=O)c1ccc(NS(=O)(=O)c2ccc(Br)cc2)cc1. The number of hydrogen-bond donors (Lipinski definition) is 2. The minimum absolute atomic E-state index is 0.167. The van der Waals surface area contributed by atoms with Crippen LogP contribution in [-0.4, -0.2) is 19.9 Å². The summed E-state index contributed by atoms with van der Waals surface area (Å²) in [5, 5.41) is 2.85. The molecule has 0 aliphatic heterocycles. The first-order valence-electron chi connectivity index (χ1n) is 7.28. The van der Waals surface area contributed by atoms with Crippen molar-refractivity contribution in [3.63, 3.8) is 0 Å². The van der Waals surface area contributed by atoms with Gasteiger partial charge in [0.25, 0.3) is 15.9 Å². The molecule has 128 valence electrons. The van der Waals surface area contributed by atoms with E-state index in [9.17, 15) is 13.2 Å². The Bertz CT molecular complexity index is 824. The van der Waals surface area contributed by atoms with Crippen LogP contribution in [0.1, 0.15) is 31.1 Å². The van der Waals surface area contributed by atoms with Gasteiger partial charge in [0.1, 0.15) is 0 Å². The molecular weight excluding hydrogens is 392 g/mol. The minimum atomic E-state index is -3.66. The van der Waals surface area contributed by atoms with E-state index in [4.69, 9.17) is 0 Å². The van der Waals surface area contributed by atoms with Gasteiger partial charge in [-0.25, -0.2) is 8.42 Å². The van der Waals surface area contributed by atoms with E-state index in [1.807, 2.05) is 20.8 Å². The maximum absolute atomic E-state index is 12.3. The molecule has 0 unspecified atom stereocenters. The van der Waals surface area contributed by atoms with Crippen LogP contribution in [0.2, 0.25) is 0 Å². The van der Waals surface area contributed by atoms with Gasteiger partial charge in [-0.1, -0.05) is 15.9 Å². The Balaban J connectivity index is 2.14. The third-order valence-corrected chi connectivity index (χ3v) is 4.94. The van der Waals surface area contributed by atoms with Gasteiger partial charge < -0.3 is 5.32 Å². The zero-order chi connectivity index (χ0) is 18.0. The van der Waals surface area contributed by atoms with Crippen LogP contribution >= 0.6 is 15.9 Å². The third kappa shape index (κ3) is 5.07. The topological polar surface area (TPSA) is 75.3 Å². The van der Waals surface area contributed by atoms with Crippen molar-refractivity contribution in [2.45, 2.75) is 31.2 Å².